The van der Waals surface area contributed by atoms with Crippen LogP contribution in [0, 0.1) is 86.6 Å². The minimum atomic E-state index is -3.07. The van der Waals surface area contributed by atoms with Crippen LogP contribution in [0.1, 0.15) is 11.1 Å². The second-order valence-corrected chi connectivity index (χ2v) is 6.35. The van der Waals surface area contributed by atoms with Gasteiger partial charge in [-0.2, -0.15) is 13.5 Å². The summed E-state index contributed by atoms with van der Waals surface area (Å²) in [5.41, 5.74) is -11.0. The van der Waals surface area contributed by atoms with Crippen LogP contribution in [0.2, 0.25) is 0 Å². The molecule has 0 N–H and O–H groups in total. The Morgan fingerprint density at radius 3 is 0.971 bits per heavy atom. The van der Waals surface area contributed by atoms with Crippen LogP contribution in [0.5, 0.6) is 0 Å². The summed E-state index contributed by atoms with van der Waals surface area (Å²) >= 11 is 0. The average Bonchev–Trinajstić information content (AvgIpc) is 2.81. The first-order chi connectivity index (χ1) is 16.1. The number of rotatable bonds is 3. The Morgan fingerprint density at radius 2 is 0.686 bits per heavy atom. The Kier molecular flexibility index (Phi) is 6.43. The second kappa shape index (κ2) is 8.74. The van der Waals surface area contributed by atoms with Crippen molar-refractivity contribution < 1.29 is 66.2 Å². The fourth-order valence-electron chi connectivity index (χ4n) is 2.80. The first-order valence-electron chi connectivity index (χ1n) is 8.35. The third-order valence-electron chi connectivity index (χ3n) is 4.39. The molecule has 0 bridgehead atoms. The molecule has 0 heterocycles. The maximum atomic E-state index is 14.4. The standard InChI is InChI=1S/C19HF14NO/c20-2-1-3(21)7(23)19(6(2)22)34(35)18(4-8(24)12(28)16(32)13(29)9(4)25)5-10(26)14(30)17(33)15(31)11(5)27/h1H. The van der Waals surface area contributed by atoms with Crippen LogP contribution in [-0.2, 0) is 0 Å². The molecular weight excluding hydrogens is 524 g/mol. The number of nitrogens with zero attached hydrogens (tertiary/aromatic N) is 1. The summed E-state index contributed by atoms with van der Waals surface area (Å²) in [7, 11) is 0. The highest BCUT2D eigenvalue weighted by molar-refractivity contribution is 6.11. The van der Waals surface area contributed by atoms with Gasteiger partial charge >= 0.3 is 0 Å². The summed E-state index contributed by atoms with van der Waals surface area (Å²) in [5.74, 6) is -40.6. The molecule has 186 valence electrons. The fraction of sp³-hybridized carbons (Fsp3) is 0. The van der Waals surface area contributed by atoms with Gasteiger partial charge in [0.05, 0.1) is 0 Å². The van der Waals surface area contributed by atoms with Crippen LogP contribution in [0.15, 0.2) is 6.07 Å². The van der Waals surface area contributed by atoms with E-state index in [1.54, 1.807) is 0 Å². The second-order valence-electron chi connectivity index (χ2n) is 6.35. The number of hydrogen-bond donors (Lipinski definition) is 0. The fourth-order valence-corrected chi connectivity index (χ4v) is 2.80. The first kappa shape index (κ1) is 25.8. The highest BCUT2D eigenvalue weighted by atomic mass is 19.2. The highest BCUT2D eigenvalue weighted by Gasteiger charge is 2.41. The maximum Gasteiger partial charge on any atom is 0.295 e. The lowest BCUT2D eigenvalue weighted by Gasteiger charge is -2.16. The molecule has 0 aliphatic rings. The van der Waals surface area contributed by atoms with Crippen molar-refractivity contribution in [2.45, 2.75) is 0 Å². The zero-order chi connectivity index (χ0) is 26.7. The molecule has 0 fully saturated rings. The van der Waals surface area contributed by atoms with Crippen LogP contribution in [0.25, 0.3) is 0 Å². The Balaban J connectivity index is 2.72. The zero-order valence-electron chi connectivity index (χ0n) is 15.7. The van der Waals surface area contributed by atoms with E-state index in [4.69, 9.17) is 0 Å². The Bertz CT molecular complexity index is 1290. The van der Waals surface area contributed by atoms with Crippen molar-refractivity contribution in [2.24, 2.45) is 0 Å². The summed E-state index contributed by atoms with van der Waals surface area (Å²) < 4.78 is 192. The summed E-state index contributed by atoms with van der Waals surface area (Å²) in [6.45, 7) is 0. The maximum absolute atomic E-state index is 14.4. The molecule has 0 aromatic heterocycles. The molecule has 0 amide bonds. The lowest BCUT2D eigenvalue weighted by atomic mass is 9.98. The van der Waals surface area contributed by atoms with Crippen LogP contribution in [-0.4, -0.2) is 10.5 Å². The predicted molar refractivity (Wildman–Crippen MR) is 85.2 cm³/mol. The minimum Gasteiger partial charge on any atom is -0.618 e. The lowest BCUT2D eigenvalue weighted by molar-refractivity contribution is -0.366. The summed E-state index contributed by atoms with van der Waals surface area (Å²) in [5, 5.41) is 12.6. The van der Waals surface area contributed by atoms with Crippen molar-refractivity contribution in [2.75, 3.05) is 0 Å². The quantitative estimate of drug-likeness (QED) is 0.0749. The van der Waals surface area contributed by atoms with E-state index in [2.05, 4.69) is 0 Å². The van der Waals surface area contributed by atoms with Crippen LogP contribution < -0.4 is 0 Å². The molecule has 16 heteroatoms. The van der Waals surface area contributed by atoms with Gasteiger partial charge in [-0.1, -0.05) is 0 Å². The van der Waals surface area contributed by atoms with Gasteiger partial charge in [0.25, 0.3) is 5.69 Å². The molecule has 0 radical (unpaired) electrons. The van der Waals surface area contributed by atoms with E-state index in [1.807, 2.05) is 0 Å². The van der Waals surface area contributed by atoms with Crippen molar-refractivity contribution in [3.63, 3.8) is 0 Å². The molecule has 0 unspecified atom stereocenters. The van der Waals surface area contributed by atoms with E-state index in [0.717, 1.165) is 0 Å². The molecule has 3 rings (SSSR count). The van der Waals surface area contributed by atoms with Gasteiger partial charge in [-0.05, 0) is 0 Å². The first-order valence-corrected chi connectivity index (χ1v) is 8.35. The van der Waals surface area contributed by atoms with E-state index >= 15 is 0 Å². The highest BCUT2D eigenvalue weighted by Crippen LogP contribution is 2.34. The molecule has 0 aliphatic carbocycles. The average molecular weight is 525 g/mol. The predicted octanol–water partition coefficient (Wildman–Crippen LogP) is 6.31. The SMILES string of the molecule is [O-][N+](=C(c1c(F)c(F)c(F)c(F)c1F)c1c(F)c(F)c(F)c(F)c1F)c1c(F)c(F)cc(F)c1F. The van der Waals surface area contributed by atoms with Crippen molar-refractivity contribution in [1.82, 2.24) is 0 Å². The van der Waals surface area contributed by atoms with E-state index in [0.29, 0.717) is 0 Å². The molecule has 0 atom stereocenters. The van der Waals surface area contributed by atoms with Crippen LogP contribution >= 0.6 is 0 Å². The van der Waals surface area contributed by atoms with Gasteiger partial charge < -0.3 is 5.21 Å². The van der Waals surface area contributed by atoms with Gasteiger partial charge in [-0.25, -0.2) is 52.7 Å². The summed E-state index contributed by atoms with van der Waals surface area (Å²) in [6.07, 6.45) is 0. The van der Waals surface area contributed by atoms with Gasteiger partial charge in [-0.3, -0.25) is 0 Å². The van der Waals surface area contributed by atoms with Crippen LogP contribution in [0.3, 0.4) is 0 Å². The van der Waals surface area contributed by atoms with Crippen molar-refractivity contribution in [3.8, 4) is 0 Å². The molecule has 3 aromatic carbocycles. The van der Waals surface area contributed by atoms with E-state index in [-0.39, 0.29) is 0 Å². The molecule has 35 heavy (non-hydrogen) atoms. The zero-order valence-corrected chi connectivity index (χ0v) is 15.7. The topological polar surface area (TPSA) is 26.1 Å². The van der Waals surface area contributed by atoms with Gasteiger partial charge in [0, 0.05) is 6.07 Å². The molecular formula is C19HF14NO. The molecule has 0 spiro atoms. The number of halogens is 14. The third-order valence-corrected chi connectivity index (χ3v) is 4.39. The number of hydrogen-bond acceptors (Lipinski definition) is 1. The van der Waals surface area contributed by atoms with Gasteiger partial charge in [0.2, 0.25) is 29.0 Å². The van der Waals surface area contributed by atoms with E-state index in [9.17, 15) is 66.7 Å². The molecule has 2 nitrogen and oxygen atoms in total. The minimum absolute atomic E-state index is 0.529. The Morgan fingerprint density at radius 1 is 0.429 bits per heavy atom. The van der Waals surface area contributed by atoms with Gasteiger partial charge in [0.1, 0.15) is 11.1 Å². The lowest BCUT2D eigenvalue weighted by Crippen LogP contribution is -2.26. The molecule has 3 aromatic rings. The summed E-state index contributed by atoms with van der Waals surface area (Å²) in [6, 6.07) is -0.529. The molecule has 0 aliphatic heterocycles. The smallest absolute Gasteiger partial charge is 0.295 e. The van der Waals surface area contributed by atoms with Crippen molar-refractivity contribution in [3.05, 3.63) is 104 Å². The molecule has 0 saturated heterocycles. The van der Waals surface area contributed by atoms with Gasteiger partial charge in [-0.15, -0.1) is 0 Å². The molecule has 0 saturated carbocycles. The Labute approximate surface area is 182 Å². The third kappa shape index (κ3) is 3.72. The van der Waals surface area contributed by atoms with Gasteiger partial charge in [0.15, 0.2) is 58.2 Å². The van der Waals surface area contributed by atoms with E-state index < -0.39 is 115 Å². The normalized spacial score (nSPS) is 11.3. The van der Waals surface area contributed by atoms with Crippen LogP contribution in [0.4, 0.5) is 67.2 Å². The Hall–Kier alpha value is -3.85. The number of benzene rings is 3. The van der Waals surface area contributed by atoms with Crippen molar-refractivity contribution >= 4 is 11.4 Å². The van der Waals surface area contributed by atoms with E-state index in [1.165, 1.54) is 0 Å². The van der Waals surface area contributed by atoms with Crippen molar-refractivity contribution in [1.29, 1.82) is 0 Å². The summed E-state index contributed by atoms with van der Waals surface area (Å²) in [4.78, 5) is 0. The monoisotopic (exact) mass is 525 g/mol. The largest absolute Gasteiger partial charge is 0.618 e.